The Balaban J connectivity index is 2.10. The summed E-state index contributed by atoms with van der Waals surface area (Å²) < 4.78 is 23.7. The van der Waals surface area contributed by atoms with E-state index in [4.69, 9.17) is 9.47 Å². The molecule has 0 spiro atoms. The molecule has 0 fully saturated rings. The van der Waals surface area contributed by atoms with E-state index in [0.717, 1.165) is 0 Å². The normalized spacial score (nSPS) is 12.7. The molecule has 2 aromatic rings. The van der Waals surface area contributed by atoms with Crippen molar-refractivity contribution in [1.29, 1.82) is 0 Å². The molecule has 2 aromatic carbocycles. The van der Waals surface area contributed by atoms with E-state index in [1.54, 1.807) is 48.5 Å². The second kappa shape index (κ2) is 12.9. The zero-order valence-corrected chi connectivity index (χ0v) is 21.5. The van der Waals surface area contributed by atoms with Gasteiger partial charge in [0.1, 0.15) is 13.2 Å². The maximum atomic E-state index is 13.7. The van der Waals surface area contributed by atoms with E-state index in [1.807, 2.05) is 39.8 Å². The van der Waals surface area contributed by atoms with Gasteiger partial charge in [-0.2, -0.15) is 0 Å². The molecule has 0 aliphatic rings. The number of rotatable bonds is 13. The van der Waals surface area contributed by atoms with Crippen LogP contribution in [0.5, 0.6) is 0 Å². The van der Waals surface area contributed by atoms with Gasteiger partial charge in [0, 0.05) is 0 Å². The van der Waals surface area contributed by atoms with Crippen LogP contribution in [0.15, 0.2) is 60.7 Å². The maximum Gasteiger partial charge on any atom is 0.338 e. The minimum atomic E-state index is -1.37. The molecule has 7 heteroatoms. The number of carbonyl (C=O) groups is 2. The molecule has 33 heavy (non-hydrogen) atoms. The fourth-order valence-electron chi connectivity index (χ4n) is 3.29. The molecule has 0 heterocycles. The largest absolute Gasteiger partial charge is 0.461 e. The van der Waals surface area contributed by atoms with Crippen molar-refractivity contribution in [3.8, 4) is 0 Å². The van der Waals surface area contributed by atoms with Gasteiger partial charge in [-0.1, -0.05) is 74.9 Å². The third-order valence-corrected chi connectivity index (χ3v) is 11.3. The Labute approximate surface area is 203 Å². The Kier molecular flexibility index (Phi) is 10.6. The fraction of sp³-hybridized carbons (Fsp3) is 0.462. The van der Waals surface area contributed by atoms with E-state index >= 15 is 0 Å². The topological polar surface area (TPSA) is 69.7 Å². The van der Waals surface area contributed by atoms with Crippen LogP contribution >= 0.6 is 10.8 Å². The lowest BCUT2D eigenvalue weighted by Gasteiger charge is -2.36. The minimum Gasteiger partial charge on any atom is -0.461 e. The van der Waals surface area contributed by atoms with Crippen LogP contribution in [0.1, 0.15) is 74.1 Å². The van der Waals surface area contributed by atoms with Gasteiger partial charge in [0.2, 0.25) is 0 Å². The van der Waals surface area contributed by atoms with Gasteiger partial charge < -0.3 is 9.47 Å². The van der Waals surface area contributed by atoms with E-state index in [2.05, 4.69) is 0 Å². The summed E-state index contributed by atoms with van der Waals surface area (Å²) in [7, 11) is -0.0329. The van der Waals surface area contributed by atoms with E-state index in [1.165, 1.54) is 10.8 Å². The Morgan fingerprint density at radius 2 is 1.15 bits per heavy atom. The average Bonchev–Trinajstić information content (AvgIpc) is 2.88. The van der Waals surface area contributed by atoms with Crippen LogP contribution in [0.3, 0.4) is 0 Å². The highest BCUT2D eigenvalue weighted by atomic mass is 33.1. The van der Waals surface area contributed by atoms with Gasteiger partial charge in [-0.25, -0.2) is 13.8 Å². The smallest absolute Gasteiger partial charge is 0.338 e. The van der Waals surface area contributed by atoms with Crippen molar-refractivity contribution < 1.29 is 23.3 Å². The van der Waals surface area contributed by atoms with Gasteiger partial charge >= 0.3 is 11.9 Å². The van der Waals surface area contributed by atoms with Crippen molar-refractivity contribution in [2.45, 2.75) is 62.9 Å². The molecule has 0 bridgehead atoms. The average molecular weight is 491 g/mol. The van der Waals surface area contributed by atoms with E-state index in [-0.39, 0.29) is 19.2 Å². The standard InChI is InChI=1S/C26H34O5S2/c1-5-25(6-2,19-30-23(27)21-15-11-9-12-16-21)32-33(29)26(7-3,8-4)20-31-24(28)22-17-13-10-14-18-22/h9-18H,5-8,19-20H2,1-4H3. The van der Waals surface area contributed by atoms with E-state index in [9.17, 15) is 13.8 Å². The molecule has 0 saturated heterocycles. The van der Waals surface area contributed by atoms with Gasteiger partial charge in [0.15, 0.2) is 0 Å². The second-order valence-corrected chi connectivity index (χ2v) is 11.8. The first-order chi connectivity index (χ1) is 15.8. The predicted octanol–water partition coefficient (Wildman–Crippen LogP) is 6.21. The van der Waals surface area contributed by atoms with Crippen LogP contribution in [0, 0.1) is 0 Å². The van der Waals surface area contributed by atoms with Crippen LogP contribution in [-0.2, 0) is 19.3 Å². The molecular weight excluding hydrogens is 456 g/mol. The number of hydrogen-bond acceptors (Lipinski definition) is 6. The molecule has 0 amide bonds. The van der Waals surface area contributed by atoms with Crippen molar-refractivity contribution in [2.75, 3.05) is 13.2 Å². The van der Waals surface area contributed by atoms with Gasteiger partial charge in [-0.3, -0.25) is 0 Å². The minimum absolute atomic E-state index is 0.0701. The number of benzene rings is 2. The molecule has 0 radical (unpaired) electrons. The Morgan fingerprint density at radius 3 is 1.55 bits per heavy atom. The summed E-state index contributed by atoms with van der Waals surface area (Å²) in [6.45, 7) is 8.19. The van der Waals surface area contributed by atoms with Gasteiger partial charge in [-0.15, -0.1) is 0 Å². The van der Waals surface area contributed by atoms with Crippen LogP contribution in [0.4, 0.5) is 0 Å². The first-order valence-corrected chi connectivity index (χ1v) is 13.9. The molecule has 0 N–H and O–H groups in total. The van der Waals surface area contributed by atoms with Crippen LogP contribution in [-0.4, -0.2) is 38.9 Å². The molecular formula is C26H34O5S2. The quantitative estimate of drug-likeness (QED) is 0.245. The second-order valence-electron chi connectivity index (χ2n) is 7.98. The summed E-state index contributed by atoms with van der Waals surface area (Å²) in [5, 5.41) is 0. The molecule has 180 valence electrons. The monoisotopic (exact) mass is 490 g/mol. The van der Waals surface area contributed by atoms with Crippen molar-refractivity contribution in [1.82, 2.24) is 0 Å². The molecule has 0 aliphatic heterocycles. The molecule has 0 aromatic heterocycles. The summed E-state index contributed by atoms with van der Waals surface area (Å²) in [4.78, 5) is 24.9. The summed E-state index contributed by atoms with van der Waals surface area (Å²) in [5.74, 6) is -0.805. The Hall–Kier alpha value is -2.12. The lowest BCUT2D eigenvalue weighted by Crippen LogP contribution is -2.41. The molecule has 0 aliphatic carbocycles. The van der Waals surface area contributed by atoms with Crippen molar-refractivity contribution in [3.63, 3.8) is 0 Å². The highest BCUT2D eigenvalue weighted by Gasteiger charge is 2.41. The van der Waals surface area contributed by atoms with Crippen LogP contribution < -0.4 is 0 Å². The summed E-state index contributed by atoms with van der Waals surface area (Å²) in [6, 6.07) is 17.7. The van der Waals surface area contributed by atoms with Crippen molar-refractivity contribution in [3.05, 3.63) is 71.8 Å². The molecule has 0 saturated carbocycles. The number of esters is 2. The molecule has 1 unspecified atom stereocenters. The maximum absolute atomic E-state index is 13.7. The first kappa shape index (κ1) is 27.1. The zero-order valence-electron chi connectivity index (χ0n) is 19.9. The molecule has 2 rings (SSSR count). The molecule has 5 nitrogen and oxygen atoms in total. The molecule has 1 atom stereocenters. The predicted molar refractivity (Wildman–Crippen MR) is 136 cm³/mol. The number of carbonyl (C=O) groups excluding carboxylic acids is 2. The Morgan fingerprint density at radius 1 is 0.727 bits per heavy atom. The third-order valence-electron chi connectivity index (χ3n) is 6.13. The van der Waals surface area contributed by atoms with Crippen molar-refractivity contribution >= 4 is 32.6 Å². The number of ether oxygens (including phenoxy) is 2. The van der Waals surface area contributed by atoms with Gasteiger partial charge in [-0.05, 0) is 49.9 Å². The summed E-state index contributed by atoms with van der Waals surface area (Å²) in [5.41, 5.74) is 0.968. The zero-order chi connectivity index (χ0) is 24.3. The van der Waals surface area contributed by atoms with E-state index < -0.39 is 25.3 Å². The van der Waals surface area contributed by atoms with Crippen LogP contribution in [0.2, 0.25) is 0 Å². The van der Waals surface area contributed by atoms with Crippen LogP contribution in [0.25, 0.3) is 0 Å². The lowest BCUT2D eigenvalue weighted by atomic mass is 10.0. The first-order valence-electron chi connectivity index (χ1n) is 11.4. The third kappa shape index (κ3) is 7.18. The van der Waals surface area contributed by atoms with E-state index in [0.29, 0.717) is 36.8 Å². The van der Waals surface area contributed by atoms with Gasteiger partial charge in [0.25, 0.3) is 0 Å². The van der Waals surface area contributed by atoms with Gasteiger partial charge in [0.05, 0.1) is 30.5 Å². The fourth-order valence-corrected chi connectivity index (χ4v) is 7.96. The van der Waals surface area contributed by atoms with Crippen molar-refractivity contribution in [2.24, 2.45) is 0 Å². The lowest BCUT2D eigenvalue weighted by molar-refractivity contribution is 0.0446. The SMILES string of the molecule is CCC(CC)(COC(=O)c1ccccc1)SS(=O)C(CC)(CC)COC(=O)c1ccccc1. The summed E-state index contributed by atoms with van der Waals surface area (Å²) in [6.07, 6.45) is 2.57. The highest BCUT2D eigenvalue weighted by Crippen LogP contribution is 2.42. The summed E-state index contributed by atoms with van der Waals surface area (Å²) >= 11 is 0. The number of hydrogen-bond donors (Lipinski definition) is 0. The highest BCUT2D eigenvalue weighted by molar-refractivity contribution is 8.70. The Bertz CT molecular complexity index is 907.